The summed E-state index contributed by atoms with van der Waals surface area (Å²) in [4.78, 5) is 23.8. The molecule has 0 atom stereocenters. The molecule has 0 saturated heterocycles. The van der Waals surface area contributed by atoms with Crippen molar-refractivity contribution in [2.45, 2.75) is 13.8 Å². The molecular weight excluding hydrogens is 308 g/mol. The molecule has 0 spiro atoms. The number of nitrogens with one attached hydrogen (secondary N) is 2. The Balaban J connectivity index is 1.78. The first-order valence-electron chi connectivity index (χ1n) is 6.96. The van der Waals surface area contributed by atoms with Crippen LogP contribution >= 0.6 is 11.6 Å². The minimum absolute atomic E-state index is 0.139. The molecule has 6 nitrogen and oxygen atoms in total. The smallest absolute Gasteiger partial charge is 0.251 e. The third kappa shape index (κ3) is 3.82. The van der Waals surface area contributed by atoms with E-state index in [0.29, 0.717) is 30.2 Å². The standard InChI is InChI=1S/C15H19ClN2O4/c1-15(2,8-16)14(20)18-6-5-17-13(19)10-3-4-11-12(7-10)22-9-21-11/h3-4,7H,5-6,8-9H2,1-2H3,(H,17,19)(H,18,20). The van der Waals surface area contributed by atoms with Crippen molar-refractivity contribution in [1.29, 1.82) is 0 Å². The summed E-state index contributed by atoms with van der Waals surface area (Å²) in [6.07, 6.45) is 0. The van der Waals surface area contributed by atoms with Crippen molar-refractivity contribution in [2.75, 3.05) is 25.8 Å². The summed E-state index contributed by atoms with van der Waals surface area (Å²) in [5, 5.41) is 5.47. The maximum atomic E-state index is 12.0. The second-order valence-electron chi connectivity index (χ2n) is 5.60. The molecule has 0 bridgehead atoms. The van der Waals surface area contributed by atoms with Gasteiger partial charge in [0.2, 0.25) is 12.7 Å². The molecule has 1 heterocycles. The summed E-state index contributed by atoms with van der Waals surface area (Å²) in [6.45, 7) is 4.37. The highest BCUT2D eigenvalue weighted by Gasteiger charge is 2.25. The first-order chi connectivity index (χ1) is 10.4. The Labute approximate surface area is 134 Å². The van der Waals surface area contributed by atoms with Gasteiger partial charge in [0, 0.05) is 24.5 Å². The molecule has 0 saturated carbocycles. The van der Waals surface area contributed by atoms with Gasteiger partial charge in [-0.2, -0.15) is 0 Å². The average molecular weight is 327 g/mol. The summed E-state index contributed by atoms with van der Waals surface area (Å²) in [6, 6.07) is 4.99. The predicted molar refractivity (Wildman–Crippen MR) is 82.4 cm³/mol. The van der Waals surface area contributed by atoms with Gasteiger partial charge in [-0.25, -0.2) is 0 Å². The number of halogens is 1. The molecule has 2 amide bonds. The zero-order valence-corrected chi connectivity index (χ0v) is 13.3. The Morgan fingerprint density at radius 1 is 1.18 bits per heavy atom. The molecule has 1 aliphatic rings. The van der Waals surface area contributed by atoms with Crippen LogP contribution in [0.2, 0.25) is 0 Å². The highest BCUT2D eigenvalue weighted by molar-refractivity contribution is 6.19. The lowest BCUT2D eigenvalue weighted by Gasteiger charge is -2.20. The van der Waals surface area contributed by atoms with Crippen LogP contribution in [-0.2, 0) is 4.79 Å². The van der Waals surface area contributed by atoms with Crippen molar-refractivity contribution in [1.82, 2.24) is 10.6 Å². The van der Waals surface area contributed by atoms with Gasteiger partial charge < -0.3 is 20.1 Å². The SMILES string of the molecule is CC(C)(CCl)C(=O)NCCNC(=O)c1ccc2c(c1)OCO2. The number of hydrogen-bond acceptors (Lipinski definition) is 4. The van der Waals surface area contributed by atoms with Crippen LogP contribution in [0.5, 0.6) is 11.5 Å². The first-order valence-corrected chi connectivity index (χ1v) is 7.49. The van der Waals surface area contributed by atoms with Crippen LogP contribution in [0.3, 0.4) is 0 Å². The zero-order chi connectivity index (χ0) is 16.2. The number of alkyl halides is 1. The number of amides is 2. The molecule has 2 rings (SSSR count). The first kappa shape index (κ1) is 16.4. The van der Waals surface area contributed by atoms with Gasteiger partial charge in [-0.3, -0.25) is 9.59 Å². The fraction of sp³-hybridized carbons (Fsp3) is 0.467. The van der Waals surface area contributed by atoms with E-state index in [2.05, 4.69) is 10.6 Å². The molecule has 1 aromatic carbocycles. The number of benzene rings is 1. The Kier molecular flexibility index (Phi) is 5.13. The molecule has 1 aromatic rings. The minimum Gasteiger partial charge on any atom is -0.454 e. The average Bonchev–Trinajstić information content (AvgIpc) is 2.98. The highest BCUT2D eigenvalue weighted by Crippen LogP contribution is 2.32. The Morgan fingerprint density at radius 2 is 1.86 bits per heavy atom. The molecule has 0 unspecified atom stereocenters. The Bertz CT molecular complexity index is 575. The highest BCUT2D eigenvalue weighted by atomic mass is 35.5. The summed E-state index contributed by atoms with van der Waals surface area (Å²) in [5.41, 5.74) is -0.139. The number of hydrogen-bond donors (Lipinski definition) is 2. The quantitative estimate of drug-likeness (QED) is 0.614. The fourth-order valence-corrected chi connectivity index (χ4v) is 1.91. The van der Waals surface area contributed by atoms with Crippen molar-refractivity contribution in [3.63, 3.8) is 0 Å². The van der Waals surface area contributed by atoms with Gasteiger partial charge in [-0.05, 0) is 32.0 Å². The Morgan fingerprint density at radius 3 is 2.59 bits per heavy atom. The van der Waals surface area contributed by atoms with Crippen molar-refractivity contribution >= 4 is 23.4 Å². The Hall–Kier alpha value is -1.95. The molecule has 2 N–H and O–H groups in total. The van der Waals surface area contributed by atoms with Crippen molar-refractivity contribution in [3.8, 4) is 11.5 Å². The zero-order valence-electron chi connectivity index (χ0n) is 12.6. The summed E-state index contributed by atoms with van der Waals surface area (Å²) in [5.74, 6) is 1.06. The van der Waals surface area contributed by atoms with Crippen molar-refractivity contribution in [2.24, 2.45) is 5.41 Å². The number of fused-ring (bicyclic) bond motifs is 1. The van der Waals surface area contributed by atoms with Gasteiger partial charge in [0.05, 0.1) is 5.41 Å². The molecule has 0 radical (unpaired) electrons. The normalized spacial score (nSPS) is 12.9. The number of carbonyl (C=O) groups excluding carboxylic acids is 2. The maximum Gasteiger partial charge on any atom is 0.251 e. The second kappa shape index (κ2) is 6.87. The van der Waals surface area contributed by atoms with E-state index >= 15 is 0 Å². The van der Waals surface area contributed by atoms with Crippen LogP contribution in [-0.4, -0.2) is 37.6 Å². The molecule has 22 heavy (non-hydrogen) atoms. The van der Waals surface area contributed by atoms with E-state index < -0.39 is 5.41 Å². The van der Waals surface area contributed by atoms with Crippen LogP contribution in [0.25, 0.3) is 0 Å². The van der Waals surface area contributed by atoms with Gasteiger partial charge in [-0.15, -0.1) is 11.6 Å². The van der Waals surface area contributed by atoms with Gasteiger partial charge in [0.25, 0.3) is 5.91 Å². The maximum absolute atomic E-state index is 12.0. The van der Waals surface area contributed by atoms with Crippen LogP contribution in [0.4, 0.5) is 0 Å². The van der Waals surface area contributed by atoms with Gasteiger partial charge in [-0.1, -0.05) is 0 Å². The molecule has 7 heteroatoms. The van der Waals surface area contributed by atoms with E-state index in [9.17, 15) is 9.59 Å². The van der Waals surface area contributed by atoms with Crippen LogP contribution in [0.15, 0.2) is 18.2 Å². The molecule has 0 fully saturated rings. The minimum atomic E-state index is -0.622. The molecule has 0 aliphatic carbocycles. The fourth-order valence-electron chi connectivity index (χ4n) is 1.79. The van der Waals surface area contributed by atoms with Gasteiger partial charge >= 0.3 is 0 Å². The van der Waals surface area contributed by atoms with E-state index in [-0.39, 0.29) is 24.5 Å². The number of ether oxygens (including phenoxy) is 2. The number of carbonyl (C=O) groups is 2. The van der Waals surface area contributed by atoms with Crippen molar-refractivity contribution < 1.29 is 19.1 Å². The number of rotatable bonds is 6. The lowest BCUT2D eigenvalue weighted by molar-refractivity contribution is -0.128. The van der Waals surface area contributed by atoms with Crippen LogP contribution in [0.1, 0.15) is 24.2 Å². The predicted octanol–water partition coefficient (Wildman–Crippen LogP) is 1.53. The van der Waals surface area contributed by atoms with Crippen molar-refractivity contribution in [3.05, 3.63) is 23.8 Å². The topological polar surface area (TPSA) is 76.7 Å². The summed E-state index contributed by atoms with van der Waals surface area (Å²) < 4.78 is 10.4. The largest absolute Gasteiger partial charge is 0.454 e. The van der Waals surface area contributed by atoms with Crippen LogP contribution in [0, 0.1) is 5.41 Å². The van der Waals surface area contributed by atoms with Crippen LogP contribution < -0.4 is 20.1 Å². The lowest BCUT2D eigenvalue weighted by atomic mass is 9.95. The monoisotopic (exact) mass is 326 g/mol. The lowest BCUT2D eigenvalue weighted by Crippen LogP contribution is -2.41. The molecular formula is C15H19ClN2O4. The third-order valence-electron chi connectivity index (χ3n) is 3.28. The van der Waals surface area contributed by atoms with E-state index in [1.54, 1.807) is 32.0 Å². The van der Waals surface area contributed by atoms with Gasteiger partial charge in [0.15, 0.2) is 11.5 Å². The summed E-state index contributed by atoms with van der Waals surface area (Å²) >= 11 is 5.73. The molecule has 1 aliphatic heterocycles. The second-order valence-corrected chi connectivity index (χ2v) is 5.86. The summed E-state index contributed by atoms with van der Waals surface area (Å²) in [7, 11) is 0. The van der Waals surface area contributed by atoms with E-state index in [1.165, 1.54) is 0 Å². The third-order valence-corrected chi connectivity index (χ3v) is 3.95. The van der Waals surface area contributed by atoms with Gasteiger partial charge in [0.1, 0.15) is 0 Å². The van der Waals surface area contributed by atoms with E-state index in [1.807, 2.05) is 0 Å². The molecule has 120 valence electrons. The van der Waals surface area contributed by atoms with E-state index in [0.717, 1.165) is 0 Å². The molecule has 0 aromatic heterocycles. The van der Waals surface area contributed by atoms with E-state index in [4.69, 9.17) is 21.1 Å².